The average molecular weight is 333 g/mol. The Labute approximate surface area is 134 Å². The Hall–Kier alpha value is -2.92. The summed E-state index contributed by atoms with van der Waals surface area (Å²) >= 11 is 0.955. The summed E-state index contributed by atoms with van der Waals surface area (Å²) in [5.74, 6) is -3.87. The van der Waals surface area contributed by atoms with E-state index in [0.717, 1.165) is 23.9 Å². The van der Waals surface area contributed by atoms with Crippen LogP contribution in [0.4, 0.5) is 20.2 Å². The van der Waals surface area contributed by atoms with Crippen LogP contribution in [0.5, 0.6) is 0 Å². The van der Waals surface area contributed by atoms with Crippen molar-refractivity contribution in [2.24, 2.45) is 0 Å². The normalized spacial score (nSPS) is 9.78. The zero-order valence-corrected chi connectivity index (χ0v) is 12.3. The highest BCUT2D eigenvalue weighted by Gasteiger charge is 2.16. The molecule has 0 heterocycles. The van der Waals surface area contributed by atoms with Gasteiger partial charge in [-0.1, -0.05) is 0 Å². The molecule has 0 saturated heterocycles. The largest absolute Gasteiger partial charge is 0.318 e. The number of halogens is 2. The maximum Gasteiger partial charge on any atom is 0.314 e. The van der Waals surface area contributed by atoms with E-state index in [-0.39, 0.29) is 5.69 Å². The van der Waals surface area contributed by atoms with Crippen LogP contribution in [0.25, 0.3) is 0 Å². The van der Waals surface area contributed by atoms with Gasteiger partial charge in [-0.05, 0) is 48.2 Å². The molecule has 5 nitrogen and oxygen atoms in total. The molecule has 0 atom stereocenters. The van der Waals surface area contributed by atoms with E-state index < -0.39 is 23.4 Å². The van der Waals surface area contributed by atoms with Crippen LogP contribution >= 0.6 is 11.8 Å². The molecule has 0 spiro atoms. The third-order valence-corrected chi connectivity index (χ3v) is 3.26. The standard InChI is InChI=1S/C15H9F2N3O2S/c16-9-1-6-13(12(17)7-9)20-15(22)14(21)19-10-2-4-11(5-3-10)23-8-18/h1-7H,(H,19,21)(H,20,22). The van der Waals surface area contributed by atoms with Gasteiger partial charge in [0.25, 0.3) is 0 Å². The molecule has 0 aliphatic carbocycles. The van der Waals surface area contributed by atoms with Crippen LogP contribution in [0.1, 0.15) is 0 Å². The second-order valence-electron chi connectivity index (χ2n) is 4.25. The SMILES string of the molecule is N#CSc1ccc(NC(=O)C(=O)Nc2ccc(F)cc2F)cc1. The fraction of sp³-hybridized carbons (Fsp3) is 0. The Morgan fingerprint density at radius 1 is 1.00 bits per heavy atom. The molecule has 2 aromatic rings. The van der Waals surface area contributed by atoms with E-state index in [9.17, 15) is 18.4 Å². The van der Waals surface area contributed by atoms with Crippen LogP contribution in [0, 0.1) is 22.3 Å². The molecule has 0 aromatic heterocycles. The molecule has 2 N–H and O–H groups in total. The summed E-state index contributed by atoms with van der Waals surface area (Å²) in [5.41, 5.74) is 0.0411. The predicted molar refractivity (Wildman–Crippen MR) is 81.5 cm³/mol. The fourth-order valence-corrected chi connectivity index (χ4v) is 1.99. The third-order valence-electron chi connectivity index (χ3n) is 2.66. The lowest BCUT2D eigenvalue weighted by Gasteiger charge is -2.07. The van der Waals surface area contributed by atoms with Gasteiger partial charge in [0.05, 0.1) is 5.69 Å². The molecule has 0 bridgehead atoms. The number of carbonyl (C=O) groups is 2. The van der Waals surface area contributed by atoms with E-state index in [0.29, 0.717) is 16.6 Å². The minimum absolute atomic E-state index is 0.299. The summed E-state index contributed by atoms with van der Waals surface area (Å²) in [6.45, 7) is 0. The minimum atomic E-state index is -1.09. The Balaban J connectivity index is 1.99. The molecule has 0 saturated carbocycles. The zero-order valence-electron chi connectivity index (χ0n) is 11.5. The van der Waals surface area contributed by atoms with Crippen molar-refractivity contribution in [3.8, 4) is 5.40 Å². The van der Waals surface area contributed by atoms with Gasteiger partial charge in [0.2, 0.25) is 0 Å². The number of nitrogens with zero attached hydrogens (tertiary/aromatic N) is 1. The Morgan fingerprint density at radius 3 is 2.26 bits per heavy atom. The number of amides is 2. The molecule has 0 aliphatic heterocycles. The van der Waals surface area contributed by atoms with Gasteiger partial charge in [-0.15, -0.1) is 0 Å². The third kappa shape index (κ3) is 4.52. The van der Waals surface area contributed by atoms with Crippen LogP contribution in [0.15, 0.2) is 47.4 Å². The minimum Gasteiger partial charge on any atom is -0.318 e. The van der Waals surface area contributed by atoms with Crippen LogP contribution < -0.4 is 10.6 Å². The molecule has 0 aliphatic rings. The molecule has 2 aromatic carbocycles. The summed E-state index contributed by atoms with van der Waals surface area (Å²) < 4.78 is 26.2. The second-order valence-corrected chi connectivity index (χ2v) is 5.11. The van der Waals surface area contributed by atoms with Gasteiger partial charge < -0.3 is 10.6 Å². The number of hydrogen-bond donors (Lipinski definition) is 2. The first-order valence-corrected chi connectivity index (χ1v) is 7.04. The quantitative estimate of drug-likeness (QED) is 0.514. The maximum atomic E-state index is 13.4. The fourth-order valence-electron chi connectivity index (χ4n) is 1.62. The number of anilines is 2. The topological polar surface area (TPSA) is 82.0 Å². The number of carbonyl (C=O) groups excluding carboxylic acids is 2. The van der Waals surface area contributed by atoms with Gasteiger partial charge >= 0.3 is 11.8 Å². The molecule has 23 heavy (non-hydrogen) atoms. The molecule has 8 heteroatoms. The van der Waals surface area contributed by atoms with Crippen molar-refractivity contribution < 1.29 is 18.4 Å². The predicted octanol–water partition coefficient (Wildman–Crippen LogP) is 3.12. The van der Waals surface area contributed by atoms with E-state index in [1.807, 2.05) is 10.7 Å². The van der Waals surface area contributed by atoms with Crippen LogP contribution in [-0.4, -0.2) is 11.8 Å². The van der Waals surface area contributed by atoms with Gasteiger partial charge in [-0.3, -0.25) is 9.59 Å². The van der Waals surface area contributed by atoms with Crippen LogP contribution in [0.2, 0.25) is 0 Å². The molecule has 0 radical (unpaired) electrons. The summed E-state index contributed by atoms with van der Waals surface area (Å²) in [4.78, 5) is 24.1. The van der Waals surface area contributed by atoms with Gasteiger partial charge in [-0.25, -0.2) is 8.78 Å². The average Bonchev–Trinajstić information content (AvgIpc) is 2.52. The summed E-state index contributed by atoms with van der Waals surface area (Å²) in [5, 5.41) is 14.8. The van der Waals surface area contributed by atoms with Crippen molar-refractivity contribution in [3.63, 3.8) is 0 Å². The number of rotatable bonds is 3. The first kappa shape index (κ1) is 16.5. The lowest BCUT2D eigenvalue weighted by molar-refractivity contribution is -0.133. The zero-order chi connectivity index (χ0) is 16.8. The van der Waals surface area contributed by atoms with Crippen LogP contribution in [-0.2, 0) is 9.59 Å². The Kier molecular flexibility index (Phi) is 5.28. The summed E-state index contributed by atoms with van der Waals surface area (Å²) in [6.07, 6.45) is 0. The van der Waals surface area contributed by atoms with Crippen molar-refractivity contribution in [3.05, 3.63) is 54.1 Å². The lowest BCUT2D eigenvalue weighted by Crippen LogP contribution is -2.29. The van der Waals surface area contributed by atoms with Crippen molar-refractivity contribution >= 4 is 35.0 Å². The number of nitrogens with one attached hydrogen (secondary N) is 2. The lowest BCUT2D eigenvalue weighted by atomic mass is 10.3. The van der Waals surface area contributed by atoms with Gasteiger partial charge in [-0.2, -0.15) is 5.26 Å². The van der Waals surface area contributed by atoms with Crippen molar-refractivity contribution in [2.45, 2.75) is 4.90 Å². The summed E-state index contributed by atoms with van der Waals surface area (Å²) in [7, 11) is 0. The van der Waals surface area contributed by atoms with Crippen molar-refractivity contribution in [1.82, 2.24) is 0 Å². The molecular weight excluding hydrogens is 324 g/mol. The highest BCUT2D eigenvalue weighted by atomic mass is 32.2. The number of thioether (sulfide) groups is 1. The van der Waals surface area contributed by atoms with Gasteiger partial charge in [0, 0.05) is 16.6 Å². The van der Waals surface area contributed by atoms with Gasteiger partial charge in [0.1, 0.15) is 17.0 Å². The van der Waals surface area contributed by atoms with E-state index in [4.69, 9.17) is 5.26 Å². The molecule has 2 amide bonds. The summed E-state index contributed by atoms with van der Waals surface area (Å²) in [6, 6.07) is 8.81. The molecule has 2 rings (SSSR count). The second kappa shape index (κ2) is 7.38. The van der Waals surface area contributed by atoms with Crippen LogP contribution in [0.3, 0.4) is 0 Å². The van der Waals surface area contributed by atoms with Crippen molar-refractivity contribution in [2.75, 3.05) is 10.6 Å². The van der Waals surface area contributed by atoms with Gasteiger partial charge in [0.15, 0.2) is 0 Å². The highest BCUT2D eigenvalue weighted by Crippen LogP contribution is 2.19. The molecular formula is C15H9F2N3O2S. The van der Waals surface area contributed by atoms with E-state index >= 15 is 0 Å². The first-order chi connectivity index (χ1) is 11.0. The Bertz CT molecular complexity index is 788. The Morgan fingerprint density at radius 2 is 1.65 bits per heavy atom. The maximum absolute atomic E-state index is 13.4. The van der Waals surface area contributed by atoms with E-state index in [2.05, 4.69) is 5.32 Å². The van der Waals surface area contributed by atoms with Crippen molar-refractivity contribution in [1.29, 1.82) is 5.26 Å². The first-order valence-electron chi connectivity index (χ1n) is 6.23. The number of hydrogen-bond acceptors (Lipinski definition) is 4. The molecule has 116 valence electrons. The highest BCUT2D eigenvalue weighted by molar-refractivity contribution is 8.03. The number of nitriles is 1. The monoisotopic (exact) mass is 333 g/mol. The number of thiocyanates is 1. The molecule has 0 fully saturated rings. The molecule has 0 unspecified atom stereocenters. The van der Waals surface area contributed by atoms with E-state index in [1.54, 1.807) is 12.1 Å². The number of benzene rings is 2. The smallest absolute Gasteiger partial charge is 0.314 e. The van der Waals surface area contributed by atoms with E-state index in [1.165, 1.54) is 12.1 Å².